The van der Waals surface area contributed by atoms with Gasteiger partial charge >= 0.3 is 0 Å². The lowest BCUT2D eigenvalue weighted by Gasteiger charge is -2.15. The van der Waals surface area contributed by atoms with Crippen molar-refractivity contribution in [3.05, 3.63) is 0 Å². The van der Waals surface area contributed by atoms with E-state index in [1.807, 2.05) is 0 Å². The lowest BCUT2D eigenvalue weighted by molar-refractivity contribution is -0.121. The summed E-state index contributed by atoms with van der Waals surface area (Å²) >= 11 is 0. The molecule has 1 aliphatic rings. The van der Waals surface area contributed by atoms with Crippen LogP contribution in [0.3, 0.4) is 0 Å². The Balaban J connectivity index is 2.13. The first-order chi connectivity index (χ1) is 7.72. The maximum atomic E-state index is 10.9. The van der Waals surface area contributed by atoms with Crippen molar-refractivity contribution in [1.29, 1.82) is 0 Å². The number of unbranched alkanes of at least 4 members (excludes halogenated alkanes) is 3. The van der Waals surface area contributed by atoms with Crippen LogP contribution in [-0.2, 0) is 4.79 Å². The zero-order valence-corrected chi connectivity index (χ0v) is 10.0. The third-order valence-corrected chi connectivity index (χ3v) is 2.84. The van der Waals surface area contributed by atoms with Crippen molar-refractivity contribution in [1.82, 2.24) is 5.43 Å². The van der Waals surface area contributed by atoms with Gasteiger partial charge in [-0.05, 0) is 12.8 Å². The van der Waals surface area contributed by atoms with Gasteiger partial charge < -0.3 is 5.11 Å². The van der Waals surface area contributed by atoms with E-state index in [0.717, 1.165) is 18.6 Å². The number of nitrogens with zero attached hydrogens (tertiary/aromatic N) is 1. The second kappa shape index (κ2) is 7.39. The molecular weight excluding hydrogens is 204 g/mol. The number of hydrogen-bond acceptors (Lipinski definition) is 3. The summed E-state index contributed by atoms with van der Waals surface area (Å²) in [5, 5.41) is 13.7. The molecule has 1 amide bonds. The minimum atomic E-state index is -0.300. The van der Waals surface area contributed by atoms with Crippen LogP contribution in [0.5, 0.6) is 0 Å². The molecule has 0 aromatic rings. The summed E-state index contributed by atoms with van der Waals surface area (Å²) < 4.78 is 0. The molecule has 0 aromatic carbocycles. The molecule has 0 saturated carbocycles. The van der Waals surface area contributed by atoms with Crippen molar-refractivity contribution in [2.75, 3.05) is 0 Å². The van der Waals surface area contributed by atoms with Crippen LogP contribution in [-0.4, -0.2) is 22.8 Å². The SMILES string of the molecule is CCCCCCC(O)CC1=NNC(=O)CC1. The van der Waals surface area contributed by atoms with Crippen molar-refractivity contribution in [2.45, 2.75) is 64.4 Å². The Morgan fingerprint density at radius 1 is 1.38 bits per heavy atom. The number of hydrogen-bond donors (Lipinski definition) is 2. The molecule has 1 atom stereocenters. The lowest BCUT2D eigenvalue weighted by atomic mass is 10.0. The summed E-state index contributed by atoms with van der Waals surface area (Å²) in [6.45, 7) is 2.18. The number of aliphatic hydroxyl groups is 1. The van der Waals surface area contributed by atoms with Crippen LogP contribution in [0, 0.1) is 0 Å². The van der Waals surface area contributed by atoms with Crippen LogP contribution < -0.4 is 5.43 Å². The van der Waals surface area contributed by atoms with Gasteiger partial charge in [0, 0.05) is 18.6 Å². The highest BCUT2D eigenvalue weighted by atomic mass is 16.3. The van der Waals surface area contributed by atoms with Crippen LogP contribution in [0.4, 0.5) is 0 Å². The van der Waals surface area contributed by atoms with Gasteiger partial charge in [0.2, 0.25) is 5.91 Å². The van der Waals surface area contributed by atoms with Crippen molar-refractivity contribution in [2.24, 2.45) is 5.10 Å². The van der Waals surface area contributed by atoms with E-state index in [1.54, 1.807) is 0 Å². The fourth-order valence-electron chi connectivity index (χ4n) is 1.84. The summed E-state index contributed by atoms with van der Waals surface area (Å²) in [4.78, 5) is 10.9. The molecule has 1 heterocycles. The van der Waals surface area contributed by atoms with Gasteiger partial charge in [0.15, 0.2) is 0 Å². The minimum absolute atomic E-state index is 0.0267. The van der Waals surface area contributed by atoms with Crippen molar-refractivity contribution in [3.8, 4) is 0 Å². The van der Waals surface area contributed by atoms with Gasteiger partial charge in [-0.1, -0.05) is 32.6 Å². The highest BCUT2D eigenvalue weighted by Crippen LogP contribution is 2.11. The molecule has 1 rings (SSSR count). The molecule has 1 aliphatic heterocycles. The highest BCUT2D eigenvalue weighted by Gasteiger charge is 2.14. The van der Waals surface area contributed by atoms with Gasteiger partial charge in [0.25, 0.3) is 0 Å². The molecule has 0 bridgehead atoms. The Labute approximate surface area is 97.1 Å². The van der Waals surface area contributed by atoms with E-state index in [2.05, 4.69) is 17.5 Å². The minimum Gasteiger partial charge on any atom is -0.393 e. The normalized spacial score (nSPS) is 17.9. The fraction of sp³-hybridized carbons (Fsp3) is 0.833. The van der Waals surface area contributed by atoms with Crippen molar-refractivity contribution in [3.63, 3.8) is 0 Å². The highest BCUT2D eigenvalue weighted by molar-refractivity contribution is 5.92. The van der Waals surface area contributed by atoms with Gasteiger partial charge in [-0.3, -0.25) is 4.79 Å². The first-order valence-electron chi connectivity index (χ1n) is 6.24. The third-order valence-electron chi connectivity index (χ3n) is 2.84. The summed E-state index contributed by atoms with van der Waals surface area (Å²) in [6.07, 6.45) is 7.06. The number of rotatable bonds is 7. The molecule has 0 aromatic heterocycles. The maximum Gasteiger partial charge on any atom is 0.240 e. The molecular formula is C12H22N2O2. The molecule has 0 fully saturated rings. The van der Waals surface area contributed by atoms with E-state index in [9.17, 15) is 9.90 Å². The molecule has 16 heavy (non-hydrogen) atoms. The van der Waals surface area contributed by atoms with Gasteiger partial charge in [-0.2, -0.15) is 5.10 Å². The predicted molar refractivity (Wildman–Crippen MR) is 64.2 cm³/mol. The summed E-state index contributed by atoms with van der Waals surface area (Å²) in [5.74, 6) is -0.0267. The van der Waals surface area contributed by atoms with Crippen LogP contribution in [0.2, 0.25) is 0 Å². The Morgan fingerprint density at radius 2 is 2.19 bits per heavy atom. The second-order valence-electron chi connectivity index (χ2n) is 4.42. The first kappa shape index (κ1) is 13.2. The second-order valence-corrected chi connectivity index (χ2v) is 4.42. The van der Waals surface area contributed by atoms with Crippen LogP contribution in [0.1, 0.15) is 58.3 Å². The summed E-state index contributed by atoms with van der Waals surface area (Å²) in [6, 6.07) is 0. The van der Waals surface area contributed by atoms with Gasteiger partial charge in [-0.25, -0.2) is 5.43 Å². The first-order valence-corrected chi connectivity index (χ1v) is 6.24. The van der Waals surface area contributed by atoms with Gasteiger partial charge in [0.05, 0.1) is 6.10 Å². The Hall–Kier alpha value is -0.900. The van der Waals surface area contributed by atoms with Crippen LogP contribution >= 0.6 is 0 Å². The van der Waals surface area contributed by atoms with E-state index in [1.165, 1.54) is 19.3 Å². The van der Waals surface area contributed by atoms with E-state index < -0.39 is 0 Å². The number of carbonyl (C=O) groups excluding carboxylic acids is 1. The van der Waals surface area contributed by atoms with Crippen LogP contribution in [0.15, 0.2) is 5.10 Å². The molecule has 1 unspecified atom stereocenters. The Kier molecular flexibility index (Phi) is 6.08. The summed E-state index contributed by atoms with van der Waals surface area (Å²) in [7, 11) is 0. The fourth-order valence-corrected chi connectivity index (χ4v) is 1.84. The monoisotopic (exact) mass is 226 g/mol. The predicted octanol–water partition coefficient (Wildman–Crippen LogP) is 1.97. The molecule has 0 aliphatic carbocycles. The Bertz CT molecular complexity index is 251. The number of aliphatic hydroxyl groups excluding tert-OH is 1. The molecule has 0 spiro atoms. The average Bonchev–Trinajstić information content (AvgIpc) is 2.28. The molecule has 0 saturated heterocycles. The molecule has 92 valence electrons. The largest absolute Gasteiger partial charge is 0.393 e. The van der Waals surface area contributed by atoms with Gasteiger partial charge in [-0.15, -0.1) is 0 Å². The number of carbonyl (C=O) groups is 1. The number of hydrazone groups is 1. The molecule has 2 N–H and O–H groups in total. The zero-order valence-electron chi connectivity index (χ0n) is 10.0. The van der Waals surface area contributed by atoms with Crippen molar-refractivity contribution >= 4 is 11.6 Å². The van der Waals surface area contributed by atoms with Crippen molar-refractivity contribution < 1.29 is 9.90 Å². The summed E-state index contributed by atoms with van der Waals surface area (Å²) in [5.41, 5.74) is 3.37. The van der Waals surface area contributed by atoms with E-state index in [4.69, 9.17) is 0 Å². The maximum absolute atomic E-state index is 10.9. The number of amides is 1. The zero-order chi connectivity index (χ0) is 11.8. The number of nitrogens with one attached hydrogen (secondary N) is 1. The molecule has 0 radical (unpaired) electrons. The Morgan fingerprint density at radius 3 is 2.81 bits per heavy atom. The lowest BCUT2D eigenvalue weighted by Crippen LogP contribution is -2.27. The smallest absolute Gasteiger partial charge is 0.240 e. The van der Waals surface area contributed by atoms with E-state index in [-0.39, 0.29) is 12.0 Å². The molecule has 4 nitrogen and oxygen atoms in total. The van der Waals surface area contributed by atoms with E-state index in [0.29, 0.717) is 19.3 Å². The van der Waals surface area contributed by atoms with Crippen LogP contribution in [0.25, 0.3) is 0 Å². The standard InChI is InChI=1S/C12H22N2O2/c1-2-3-4-5-6-11(15)9-10-7-8-12(16)14-13-10/h11,15H,2-9H2,1H3,(H,14,16). The quantitative estimate of drug-likeness (QED) is 0.652. The third kappa shape index (κ3) is 5.26. The van der Waals surface area contributed by atoms with E-state index >= 15 is 0 Å². The topological polar surface area (TPSA) is 61.7 Å². The average molecular weight is 226 g/mol. The molecule has 4 heteroatoms. The van der Waals surface area contributed by atoms with Gasteiger partial charge in [0.1, 0.15) is 0 Å².